The third-order valence-electron chi connectivity index (χ3n) is 3.58. The Labute approximate surface area is 105 Å². The zero-order valence-electron chi connectivity index (χ0n) is 10.2. The van der Waals surface area contributed by atoms with E-state index in [2.05, 4.69) is 21.5 Å². The lowest BCUT2D eigenvalue weighted by molar-refractivity contribution is 0.0697. The maximum absolute atomic E-state index is 11.0. The van der Waals surface area contributed by atoms with Crippen LogP contribution in [0.1, 0.15) is 22.8 Å². The molecular weight excluding hydrogens is 230 g/mol. The maximum Gasteiger partial charge on any atom is 0.335 e. The molecule has 94 valence electrons. The SMILES string of the molecule is CN1CCC(n2cnc3ccc(C(=O)O)cc32)C1. The minimum absolute atomic E-state index is 0.315. The summed E-state index contributed by atoms with van der Waals surface area (Å²) < 4.78 is 2.10. The van der Waals surface area contributed by atoms with Crippen LogP contribution in [0, 0.1) is 0 Å². The number of imidazole rings is 1. The van der Waals surface area contributed by atoms with Crippen molar-refractivity contribution in [3.63, 3.8) is 0 Å². The number of carboxylic acids is 1. The molecule has 1 aliphatic heterocycles. The van der Waals surface area contributed by atoms with Crippen molar-refractivity contribution in [2.75, 3.05) is 20.1 Å². The Balaban J connectivity index is 2.06. The summed E-state index contributed by atoms with van der Waals surface area (Å²) in [5.41, 5.74) is 2.08. The van der Waals surface area contributed by atoms with Gasteiger partial charge in [-0.2, -0.15) is 0 Å². The Bertz CT molecular complexity index is 605. The van der Waals surface area contributed by atoms with Crippen molar-refractivity contribution in [1.82, 2.24) is 14.5 Å². The normalized spacial score (nSPS) is 20.6. The number of carboxylic acid groups (broad SMARTS) is 1. The van der Waals surface area contributed by atoms with Crippen molar-refractivity contribution in [2.24, 2.45) is 0 Å². The van der Waals surface area contributed by atoms with Crippen LogP contribution in [0.5, 0.6) is 0 Å². The molecule has 0 saturated carbocycles. The molecule has 1 N–H and O–H groups in total. The predicted molar refractivity (Wildman–Crippen MR) is 67.8 cm³/mol. The van der Waals surface area contributed by atoms with Gasteiger partial charge in [0.15, 0.2) is 0 Å². The minimum atomic E-state index is -0.895. The third kappa shape index (κ3) is 1.76. The second-order valence-corrected chi connectivity index (χ2v) is 4.87. The first kappa shape index (κ1) is 11.2. The van der Waals surface area contributed by atoms with Gasteiger partial charge in [-0.05, 0) is 38.2 Å². The van der Waals surface area contributed by atoms with E-state index >= 15 is 0 Å². The molecule has 1 aromatic carbocycles. The van der Waals surface area contributed by atoms with Crippen molar-refractivity contribution in [1.29, 1.82) is 0 Å². The fraction of sp³-hybridized carbons (Fsp3) is 0.385. The van der Waals surface area contributed by atoms with Gasteiger partial charge in [0.25, 0.3) is 0 Å². The molecule has 1 aliphatic rings. The van der Waals surface area contributed by atoms with Gasteiger partial charge in [0.2, 0.25) is 0 Å². The van der Waals surface area contributed by atoms with Crippen LogP contribution in [0.4, 0.5) is 0 Å². The second-order valence-electron chi connectivity index (χ2n) is 4.87. The van der Waals surface area contributed by atoms with Crippen LogP contribution in [-0.4, -0.2) is 45.7 Å². The molecule has 1 saturated heterocycles. The minimum Gasteiger partial charge on any atom is -0.478 e. The van der Waals surface area contributed by atoms with Crippen LogP contribution in [-0.2, 0) is 0 Å². The highest BCUT2D eigenvalue weighted by atomic mass is 16.4. The Morgan fingerprint density at radius 1 is 1.50 bits per heavy atom. The fourth-order valence-corrected chi connectivity index (χ4v) is 2.59. The van der Waals surface area contributed by atoms with Crippen LogP contribution < -0.4 is 0 Å². The number of likely N-dealkylation sites (tertiary alicyclic amines) is 1. The molecular formula is C13H15N3O2. The lowest BCUT2D eigenvalue weighted by atomic mass is 10.2. The lowest BCUT2D eigenvalue weighted by Crippen LogP contribution is -2.16. The molecule has 0 radical (unpaired) electrons. The maximum atomic E-state index is 11.0. The molecule has 18 heavy (non-hydrogen) atoms. The topological polar surface area (TPSA) is 58.4 Å². The van der Waals surface area contributed by atoms with E-state index in [-0.39, 0.29) is 0 Å². The van der Waals surface area contributed by atoms with Gasteiger partial charge in [-0.1, -0.05) is 0 Å². The largest absolute Gasteiger partial charge is 0.478 e. The quantitative estimate of drug-likeness (QED) is 0.873. The summed E-state index contributed by atoms with van der Waals surface area (Å²) in [5.74, 6) is -0.895. The molecule has 0 spiro atoms. The Morgan fingerprint density at radius 2 is 2.33 bits per heavy atom. The summed E-state index contributed by atoms with van der Waals surface area (Å²) >= 11 is 0. The molecule has 1 aromatic heterocycles. The first-order chi connectivity index (χ1) is 8.65. The van der Waals surface area contributed by atoms with Crippen LogP contribution in [0.15, 0.2) is 24.5 Å². The summed E-state index contributed by atoms with van der Waals surface area (Å²) in [7, 11) is 2.10. The van der Waals surface area contributed by atoms with Crippen LogP contribution in [0.2, 0.25) is 0 Å². The predicted octanol–water partition coefficient (Wildman–Crippen LogP) is 1.61. The van der Waals surface area contributed by atoms with Gasteiger partial charge in [0, 0.05) is 12.6 Å². The number of likely N-dealkylation sites (N-methyl/N-ethyl adjacent to an activating group) is 1. The Hall–Kier alpha value is -1.88. The smallest absolute Gasteiger partial charge is 0.335 e. The summed E-state index contributed by atoms with van der Waals surface area (Å²) in [6, 6.07) is 5.48. The molecule has 0 aliphatic carbocycles. The van der Waals surface area contributed by atoms with E-state index in [0.717, 1.165) is 30.5 Å². The molecule has 1 unspecified atom stereocenters. The molecule has 5 nitrogen and oxygen atoms in total. The summed E-state index contributed by atoms with van der Waals surface area (Å²) in [5, 5.41) is 9.04. The van der Waals surface area contributed by atoms with E-state index < -0.39 is 5.97 Å². The summed E-state index contributed by atoms with van der Waals surface area (Å²) in [4.78, 5) is 17.6. The van der Waals surface area contributed by atoms with Crippen molar-refractivity contribution in [3.05, 3.63) is 30.1 Å². The van der Waals surface area contributed by atoms with E-state index in [9.17, 15) is 4.79 Å². The van der Waals surface area contributed by atoms with Gasteiger partial charge >= 0.3 is 5.97 Å². The number of hydrogen-bond donors (Lipinski definition) is 1. The van der Waals surface area contributed by atoms with Crippen molar-refractivity contribution < 1.29 is 9.90 Å². The molecule has 0 amide bonds. The van der Waals surface area contributed by atoms with E-state index in [4.69, 9.17) is 5.11 Å². The number of fused-ring (bicyclic) bond motifs is 1. The number of carbonyl (C=O) groups is 1. The second kappa shape index (κ2) is 4.10. The van der Waals surface area contributed by atoms with Gasteiger partial charge in [-0.25, -0.2) is 9.78 Å². The number of aromatic carboxylic acids is 1. The Morgan fingerprint density at radius 3 is 3.00 bits per heavy atom. The highest BCUT2D eigenvalue weighted by molar-refractivity contribution is 5.92. The fourth-order valence-electron chi connectivity index (χ4n) is 2.59. The van der Waals surface area contributed by atoms with Gasteiger partial charge < -0.3 is 14.6 Å². The van der Waals surface area contributed by atoms with Gasteiger partial charge in [-0.15, -0.1) is 0 Å². The zero-order chi connectivity index (χ0) is 12.7. The number of hydrogen-bond acceptors (Lipinski definition) is 3. The van der Waals surface area contributed by atoms with E-state index in [1.54, 1.807) is 18.2 Å². The first-order valence-corrected chi connectivity index (χ1v) is 6.03. The average Bonchev–Trinajstić information content (AvgIpc) is 2.93. The summed E-state index contributed by atoms with van der Waals surface area (Å²) in [6.07, 6.45) is 2.90. The van der Waals surface area contributed by atoms with Gasteiger partial charge in [0.1, 0.15) is 0 Å². The highest BCUT2D eigenvalue weighted by Gasteiger charge is 2.22. The van der Waals surface area contributed by atoms with Crippen LogP contribution >= 0.6 is 0 Å². The molecule has 5 heteroatoms. The van der Waals surface area contributed by atoms with Crippen molar-refractivity contribution in [2.45, 2.75) is 12.5 Å². The van der Waals surface area contributed by atoms with E-state index in [1.807, 2.05) is 6.33 Å². The van der Waals surface area contributed by atoms with Crippen LogP contribution in [0.3, 0.4) is 0 Å². The molecule has 2 aromatic rings. The van der Waals surface area contributed by atoms with Gasteiger partial charge in [0.05, 0.1) is 22.9 Å². The zero-order valence-corrected chi connectivity index (χ0v) is 10.2. The van der Waals surface area contributed by atoms with Crippen molar-refractivity contribution >= 4 is 17.0 Å². The first-order valence-electron chi connectivity index (χ1n) is 6.03. The molecule has 0 bridgehead atoms. The van der Waals surface area contributed by atoms with Crippen molar-refractivity contribution in [3.8, 4) is 0 Å². The number of rotatable bonds is 2. The lowest BCUT2D eigenvalue weighted by Gasteiger charge is -2.13. The average molecular weight is 245 g/mol. The van der Waals surface area contributed by atoms with Crippen LogP contribution in [0.25, 0.3) is 11.0 Å². The van der Waals surface area contributed by atoms with Gasteiger partial charge in [-0.3, -0.25) is 0 Å². The number of aromatic nitrogens is 2. The molecule has 1 fully saturated rings. The monoisotopic (exact) mass is 245 g/mol. The molecule has 1 atom stereocenters. The van der Waals surface area contributed by atoms with E-state index in [0.29, 0.717) is 11.6 Å². The molecule has 2 heterocycles. The standard InChI is InChI=1S/C13H15N3O2/c1-15-5-4-10(7-15)16-8-14-11-3-2-9(13(17)18)6-12(11)16/h2-3,6,8,10H,4-5,7H2,1H3,(H,17,18). The summed E-state index contributed by atoms with van der Waals surface area (Å²) in [6.45, 7) is 2.06. The molecule has 3 rings (SSSR count). The number of nitrogens with zero attached hydrogens (tertiary/aromatic N) is 3. The third-order valence-corrected chi connectivity index (χ3v) is 3.58. The van der Waals surface area contributed by atoms with E-state index in [1.165, 1.54) is 0 Å². The highest BCUT2D eigenvalue weighted by Crippen LogP contribution is 2.25. The number of benzene rings is 1. The Kier molecular flexibility index (Phi) is 2.56.